The van der Waals surface area contributed by atoms with Crippen LogP contribution in [0.25, 0.3) is 0 Å². The summed E-state index contributed by atoms with van der Waals surface area (Å²) in [6.45, 7) is 5.19. The molecule has 128 valence electrons. The molecule has 1 aliphatic heterocycles. The first-order valence-corrected chi connectivity index (χ1v) is 9.50. The molecule has 1 aromatic rings. The van der Waals surface area contributed by atoms with E-state index in [1.807, 2.05) is 0 Å². The van der Waals surface area contributed by atoms with Crippen molar-refractivity contribution in [3.63, 3.8) is 0 Å². The van der Waals surface area contributed by atoms with Crippen molar-refractivity contribution in [1.82, 2.24) is 10.2 Å². The highest BCUT2D eigenvalue weighted by Gasteiger charge is 2.18. The summed E-state index contributed by atoms with van der Waals surface area (Å²) in [7, 11) is -3.65. The van der Waals surface area contributed by atoms with Crippen molar-refractivity contribution in [2.75, 3.05) is 26.2 Å². The van der Waals surface area contributed by atoms with E-state index in [2.05, 4.69) is 17.1 Å². The molecule has 1 saturated heterocycles. The molecular formula is C16H25N3O3S. The Morgan fingerprint density at radius 2 is 2.04 bits per heavy atom. The van der Waals surface area contributed by atoms with Crippen LogP contribution in [0.1, 0.15) is 25.3 Å². The number of amides is 1. The lowest BCUT2D eigenvalue weighted by Gasteiger charge is -2.30. The van der Waals surface area contributed by atoms with Crippen LogP contribution >= 0.6 is 0 Å². The monoisotopic (exact) mass is 339 g/mol. The van der Waals surface area contributed by atoms with Crippen molar-refractivity contribution >= 4 is 15.9 Å². The van der Waals surface area contributed by atoms with E-state index in [-0.39, 0.29) is 10.8 Å². The molecule has 1 amide bonds. The van der Waals surface area contributed by atoms with E-state index in [9.17, 15) is 13.2 Å². The smallest absolute Gasteiger partial charge is 0.238 e. The first kappa shape index (κ1) is 17.9. The second kappa shape index (κ2) is 7.90. The molecular weight excluding hydrogens is 314 g/mol. The highest BCUT2D eigenvalue weighted by atomic mass is 32.2. The molecule has 0 radical (unpaired) electrons. The van der Waals surface area contributed by atoms with Crippen LogP contribution < -0.4 is 10.5 Å². The molecule has 0 aromatic heterocycles. The Hall–Kier alpha value is -1.44. The Morgan fingerprint density at radius 1 is 1.35 bits per heavy atom. The molecule has 0 spiro atoms. The van der Waals surface area contributed by atoms with Gasteiger partial charge in [0.15, 0.2) is 0 Å². The minimum Gasteiger partial charge on any atom is -0.355 e. The van der Waals surface area contributed by atoms with Crippen LogP contribution in [0.2, 0.25) is 0 Å². The van der Waals surface area contributed by atoms with E-state index in [0.29, 0.717) is 25.4 Å². The van der Waals surface area contributed by atoms with Crippen LogP contribution in [0.3, 0.4) is 0 Å². The van der Waals surface area contributed by atoms with Gasteiger partial charge in [0.05, 0.1) is 11.4 Å². The molecule has 1 unspecified atom stereocenters. The van der Waals surface area contributed by atoms with Gasteiger partial charge in [-0.1, -0.05) is 19.1 Å². The van der Waals surface area contributed by atoms with Gasteiger partial charge in [-0.25, -0.2) is 13.6 Å². The number of nitrogens with zero attached hydrogens (tertiary/aromatic N) is 1. The molecule has 1 fully saturated rings. The van der Waals surface area contributed by atoms with Gasteiger partial charge in [-0.3, -0.25) is 9.69 Å². The number of piperidine rings is 1. The largest absolute Gasteiger partial charge is 0.355 e. The lowest BCUT2D eigenvalue weighted by Crippen LogP contribution is -2.42. The maximum atomic E-state index is 11.9. The summed E-state index contributed by atoms with van der Waals surface area (Å²) in [5.41, 5.74) is 0.962. The highest BCUT2D eigenvalue weighted by Crippen LogP contribution is 2.14. The normalized spacial score (nSPS) is 19.5. The standard InChI is InChI=1S/C16H25N3O3S/c1-13-3-2-10-19(11-13)12-16(20)18-9-8-14-4-6-15(7-5-14)23(17,21)22/h4-7,13H,2-3,8-12H2,1H3,(H,18,20)(H2,17,21,22). The van der Waals surface area contributed by atoms with Crippen LogP contribution in [-0.4, -0.2) is 45.4 Å². The maximum Gasteiger partial charge on any atom is 0.238 e. The average Bonchev–Trinajstić information content (AvgIpc) is 2.47. The fourth-order valence-corrected chi connectivity index (χ4v) is 3.40. The molecule has 2 rings (SSSR count). The number of carbonyl (C=O) groups excluding carboxylic acids is 1. The van der Waals surface area contributed by atoms with Crippen LogP contribution in [0.15, 0.2) is 29.2 Å². The van der Waals surface area contributed by atoms with Crippen LogP contribution in [0.4, 0.5) is 0 Å². The fourth-order valence-electron chi connectivity index (χ4n) is 2.88. The minimum atomic E-state index is -3.65. The zero-order valence-corrected chi connectivity index (χ0v) is 14.3. The van der Waals surface area contributed by atoms with Gasteiger partial charge in [-0.15, -0.1) is 0 Å². The molecule has 1 aromatic carbocycles. The summed E-state index contributed by atoms with van der Waals surface area (Å²) in [5, 5.41) is 7.97. The number of hydrogen-bond donors (Lipinski definition) is 2. The molecule has 0 saturated carbocycles. The molecule has 3 N–H and O–H groups in total. The lowest BCUT2D eigenvalue weighted by atomic mass is 10.0. The fraction of sp³-hybridized carbons (Fsp3) is 0.562. The Kier molecular flexibility index (Phi) is 6.15. The summed E-state index contributed by atoms with van der Waals surface area (Å²) in [4.78, 5) is 14.2. The summed E-state index contributed by atoms with van der Waals surface area (Å²) >= 11 is 0. The van der Waals surface area contributed by atoms with Gasteiger partial charge in [0.2, 0.25) is 15.9 Å². The minimum absolute atomic E-state index is 0.0419. The highest BCUT2D eigenvalue weighted by molar-refractivity contribution is 7.89. The zero-order chi connectivity index (χ0) is 16.9. The number of nitrogens with two attached hydrogens (primary N) is 1. The van der Waals surface area contributed by atoms with Crippen molar-refractivity contribution in [2.45, 2.75) is 31.1 Å². The van der Waals surface area contributed by atoms with E-state index < -0.39 is 10.0 Å². The second-order valence-corrected chi connectivity index (χ2v) is 7.83. The molecule has 1 aliphatic rings. The number of carbonyl (C=O) groups is 1. The SMILES string of the molecule is CC1CCCN(CC(=O)NCCc2ccc(S(N)(=O)=O)cc2)C1. The third-order valence-corrected chi connectivity index (χ3v) is 5.03. The molecule has 6 nitrogen and oxygen atoms in total. The topological polar surface area (TPSA) is 92.5 Å². The number of rotatable bonds is 6. The molecule has 7 heteroatoms. The summed E-state index contributed by atoms with van der Waals surface area (Å²) in [5.74, 6) is 0.703. The van der Waals surface area contributed by atoms with Crippen molar-refractivity contribution in [3.8, 4) is 0 Å². The van der Waals surface area contributed by atoms with E-state index in [0.717, 1.165) is 25.1 Å². The van der Waals surface area contributed by atoms with Crippen molar-refractivity contribution in [2.24, 2.45) is 11.1 Å². The average molecular weight is 339 g/mol. The number of nitrogens with one attached hydrogen (secondary N) is 1. The van der Waals surface area contributed by atoms with Crippen molar-refractivity contribution in [3.05, 3.63) is 29.8 Å². The van der Waals surface area contributed by atoms with Gasteiger partial charge in [0, 0.05) is 13.1 Å². The van der Waals surface area contributed by atoms with Gasteiger partial charge in [-0.2, -0.15) is 0 Å². The van der Waals surface area contributed by atoms with Gasteiger partial charge in [0.25, 0.3) is 0 Å². The summed E-state index contributed by atoms with van der Waals surface area (Å²) < 4.78 is 22.4. The second-order valence-electron chi connectivity index (χ2n) is 6.27. The van der Waals surface area contributed by atoms with Crippen LogP contribution in [-0.2, 0) is 21.2 Å². The Balaban J connectivity index is 1.73. The van der Waals surface area contributed by atoms with Gasteiger partial charge < -0.3 is 5.32 Å². The first-order valence-electron chi connectivity index (χ1n) is 7.95. The van der Waals surface area contributed by atoms with E-state index in [1.165, 1.54) is 18.6 Å². The van der Waals surface area contributed by atoms with Crippen molar-refractivity contribution < 1.29 is 13.2 Å². The predicted molar refractivity (Wildman–Crippen MR) is 89.4 cm³/mol. The van der Waals surface area contributed by atoms with Crippen molar-refractivity contribution in [1.29, 1.82) is 0 Å². The molecule has 0 bridgehead atoms. The summed E-state index contributed by atoms with van der Waals surface area (Å²) in [6, 6.07) is 6.42. The van der Waals surface area contributed by atoms with Crippen LogP contribution in [0.5, 0.6) is 0 Å². The third kappa shape index (κ3) is 5.93. The quantitative estimate of drug-likeness (QED) is 0.799. The molecule has 0 aliphatic carbocycles. The summed E-state index contributed by atoms with van der Waals surface area (Å²) in [6.07, 6.45) is 3.06. The first-order chi connectivity index (χ1) is 10.8. The van der Waals surface area contributed by atoms with E-state index in [4.69, 9.17) is 5.14 Å². The number of primary sulfonamides is 1. The van der Waals surface area contributed by atoms with Gasteiger partial charge >= 0.3 is 0 Å². The lowest BCUT2D eigenvalue weighted by molar-refractivity contribution is -0.122. The maximum absolute atomic E-state index is 11.9. The molecule has 23 heavy (non-hydrogen) atoms. The van der Waals surface area contributed by atoms with E-state index >= 15 is 0 Å². The number of hydrogen-bond acceptors (Lipinski definition) is 4. The molecule has 1 heterocycles. The van der Waals surface area contributed by atoms with Crippen LogP contribution in [0, 0.1) is 5.92 Å². The third-order valence-electron chi connectivity index (χ3n) is 4.10. The zero-order valence-electron chi connectivity index (χ0n) is 13.5. The predicted octanol–water partition coefficient (Wildman–Crippen LogP) is 0.725. The number of sulfonamides is 1. The number of benzene rings is 1. The number of likely N-dealkylation sites (tertiary alicyclic amines) is 1. The van der Waals surface area contributed by atoms with Gasteiger partial charge in [-0.05, 0) is 49.4 Å². The molecule has 1 atom stereocenters. The Bertz CT molecular complexity index is 628. The Morgan fingerprint density at radius 3 is 2.65 bits per heavy atom. The van der Waals surface area contributed by atoms with E-state index in [1.54, 1.807) is 12.1 Å². The Labute approximate surface area is 138 Å². The van der Waals surface area contributed by atoms with Gasteiger partial charge in [0.1, 0.15) is 0 Å².